The van der Waals surface area contributed by atoms with Gasteiger partial charge in [0, 0.05) is 5.33 Å². The van der Waals surface area contributed by atoms with E-state index in [4.69, 9.17) is 23.2 Å². The molecule has 0 radical (unpaired) electrons. The van der Waals surface area contributed by atoms with Gasteiger partial charge in [-0.2, -0.15) is 0 Å². The van der Waals surface area contributed by atoms with Crippen molar-refractivity contribution in [2.75, 3.05) is 0 Å². The van der Waals surface area contributed by atoms with Crippen molar-refractivity contribution in [2.45, 2.75) is 5.33 Å². The molecule has 0 amide bonds. The quantitative estimate of drug-likeness (QED) is 0.591. The Morgan fingerprint density at radius 3 is 2.67 bits per heavy atom. The van der Waals surface area contributed by atoms with Crippen molar-refractivity contribution >= 4 is 44.4 Å². The zero-order valence-corrected chi connectivity index (χ0v) is 9.08. The first kappa shape index (κ1) is 10.0. The molecule has 0 aliphatic carbocycles. The van der Waals surface area contributed by atoms with Gasteiger partial charge < -0.3 is 0 Å². The van der Waals surface area contributed by atoms with Crippen LogP contribution in [0.5, 0.6) is 0 Å². The summed E-state index contributed by atoms with van der Waals surface area (Å²) in [5, 5.41) is 0.515. The number of rotatable bonds is 2. The van der Waals surface area contributed by atoms with Gasteiger partial charge in [0.2, 0.25) is 0 Å². The van der Waals surface area contributed by atoms with Crippen LogP contribution in [-0.2, 0) is 5.33 Å². The molecule has 0 aromatic heterocycles. The van der Waals surface area contributed by atoms with E-state index in [0.717, 1.165) is 5.56 Å². The largest absolute Gasteiger partial charge is 0.276 e. The maximum absolute atomic E-state index is 10.8. The highest BCUT2D eigenvalue weighted by atomic mass is 79.9. The zero-order chi connectivity index (χ0) is 9.14. The van der Waals surface area contributed by atoms with Crippen LogP contribution < -0.4 is 0 Å². The van der Waals surface area contributed by atoms with E-state index < -0.39 is 5.24 Å². The van der Waals surface area contributed by atoms with Crippen LogP contribution in [0.15, 0.2) is 18.2 Å². The van der Waals surface area contributed by atoms with Crippen molar-refractivity contribution < 1.29 is 4.79 Å². The molecular formula is C8H5BrCl2O. The first-order valence-corrected chi connectivity index (χ1v) is 5.07. The third-order valence-electron chi connectivity index (χ3n) is 1.43. The highest BCUT2D eigenvalue weighted by Crippen LogP contribution is 2.24. The van der Waals surface area contributed by atoms with Gasteiger partial charge in [-0.15, -0.1) is 0 Å². The Morgan fingerprint density at radius 2 is 2.17 bits per heavy atom. The molecule has 0 unspecified atom stereocenters. The normalized spacial score (nSPS) is 9.92. The Balaban J connectivity index is 3.23. The van der Waals surface area contributed by atoms with Crippen LogP contribution in [0.25, 0.3) is 0 Å². The van der Waals surface area contributed by atoms with Crippen molar-refractivity contribution in [1.82, 2.24) is 0 Å². The lowest BCUT2D eigenvalue weighted by molar-refractivity contribution is 0.108. The first-order chi connectivity index (χ1) is 5.66. The highest BCUT2D eigenvalue weighted by molar-refractivity contribution is 9.08. The van der Waals surface area contributed by atoms with Crippen LogP contribution in [-0.4, -0.2) is 5.24 Å². The van der Waals surface area contributed by atoms with E-state index in [2.05, 4.69) is 15.9 Å². The molecule has 0 aliphatic heterocycles. The summed E-state index contributed by atoms with van der Waals surface area (Å²) in [4.78, 5) is 10.8. The molecule has 64 valence electrons. The van der Waals surface area contributed by atoms with Gasteiger partial charge >= 0.3 is 0 Å². The van der Waals surface area contributed by atoms with Gasteiger partial charge in [-0.3, -0.25) is 4.79 Å². The molecule has 0 fully saturated rings. The van der Waals surface area contributed by atoms with Gasteiger partial charge in [0.25, 0.3) is 5.24 Å². The van der Waals surface area contributed by atoms with Crippen LogP contribution in [0.2, 0.25) is 5.02 Å². The molecule has 12 heavy (non-hydrogen) atoms. The van der Waals surface area contributed by atoms with E-state index in [1.807, 2.05) is 6.07 Å². The number of benzene rings is 1. The molecule has 0 saturated heterocycles. The van der Waals surface area contributed by atoms with Crippen molar-refractivity contribution in [3.05, 3.63) is 34.3 Å². The number of alkyl halides is 1. The molecule has 0 atom stereocenters. The Morgan fingerprint density at radius 1 is 1.50 bits per heavy atom. The van der Waals surface area contributed by atoms with Gasteiger partial charge in [0.15, 0.2) is 0 Å². The van der Waals surface area contributed by atoms with Crippen LogP contribution in [0.1, 0.15) is 15.9 Å². The maximum Gasteiger partial charge on any atom is 0.253 e. The number of carbonyl (C=O) groups is 1. The SMILES string of the molecule is O=C(Cl)c1cccc(CBr)c1Cl. The Labute approximate surface area is 88.8 Å². The summed E-state index contributed by atoms with van der Waals surface area (Å²) in [7, 11) is 0. The van der Waals surface area contributed by atoms with Crippen molar-refractivity contribution in [2.24, 2.45) is 0 Å². The molecule has 0 aliphatic rings. The number of carbonyl (C=O) groups excluding carboxylic acids is 1. The van der Waals surface area contributed by atoms with Gasteiger partial charge in [-0.05, 0) is 23.2 Å². The fourth-order valence-electron chi connectivity index (χ4n) is 0.835. The lowest BCUT2D eigenvalue weighted by Crippen LogP contribution is -1.92. The standard InChI is InChI=1S/C8H5BrCl2O/c9-4-5-2-1-3-6(7(5)10)8(11)12/h1-3H,4H2. The van der Waals surface area contributed by atoms with Gasteiger partial charge in [0.1, 0.15) is 0 Å². The average Bonchev–Trinajstić information content (AvgIpc) is 2.04. The van der Waals surface area contributed by atoms with Crippen LogP contribution in [0, 0.1) is 0 Å². The van der Waals surface area contributed by atoms with Crippen LogP contribution >= 0.6 is 39.1 Å². The Kier molecular flexibility index (Phi) is 3.56. The van der Waals surface area contributed by atoms with E-state index in [0.29, 0.717) is 15.9 Å². The lowest BCUT2D eigenvalue weighted by atomic mass is 10.1. The molecule has 0 N–H and O–H groups in total. The minimum Gasteiger partial charge on any atom is -0.276 e. The third-order valence-corrected chi connectivity index (χ3v) is 2.69. The smallest absolute Gasteiger partial charge is 0.253 e. The van der Waals surface area contributed by atoms with E-state index in [9.17, 15) is 4.79 Å². The molecular weight excluding hydrogens is 263 g/mol. The molecule has 0 bridgehead atoms. The van der Waals surface area contributed by atoms with Crippen molar-refractivity contribution in [1.29, 1.82) is 0 Å². The summed E-state index contributed by atoms with van der Waals surface area (Å²) < 4.78 is 0. The summed E-state index contributed by atoms with van der Waals surface area (Å²) >= 11 is 14.4. The second kappa shape index (κ2) is 4.26. The summed E-state index contributed by atoms with van der Waals surface area (Å²) in [6.07, 6.45) is 0. The van der Waals surface area contributed by atoms with Crippen molar-refractivity contribution in [3.8, 4) is 0 Å². The zero-order valence-electron chi connectivity index (χ0n) is 5.98. The first-order valence-electron chi connectivity index (χ1n) is 3.20. The third kappa shape index (κ3) is 2.00. The molecule has 1 nitrogen and oxygen atoms in total. The topological polar surface area (TPSA) is 17.1 Å². The van der Waals surface area contributed by atoms with Gasteiger partial charge in [-0.25, -0.2) is 0 Å². The molecule has 4 heteroatoms. The van der Waals surface area contributed by atoms with E-state index in [1.54, 1.807) is 12.1 Å². The predicted molar refractivity (Wildman–Crippen MR) is 54.3 cm³/mol. The highest BCUT2D eigenvalue weighted by Gasteiger charge is 2.09. The monoisotopic (exact) mass is 266 g/mol. The number of hydrogen-bond donors (Lipinski definition) is 0. The van der Waals surface area contributed by atoms with Crippen LogP contribution in [0.4, 0.5) is 0 Å². The summed E-state index contributed by atoms with van der Waals surface area (Å²) in [6.45, 7) is 0. The molecule has 1 aromatic carbocycles. The summed E-state index contributed by atoms with van der Waals surface area (Å²) in [5.74, 6) is 0. The minimum atomic E-state index is -0.525. The summed E-state index contributed by atoms with van der Waals surface area (Å²) in [6, 6.07) is 5.18. The number of halogens is 3. The minimum absolute atomic E-state index is 0.357. The molecule has 0 saturated carbocycles. The van der Waals surface area contributed by atoms with Gasteiger partial charge in [-0.1, -0.05) is 39.7 Å². The predicted octanol–water partition coefficient (Wildman–Crippen LogP) is 3.61. The summed E-state index contributed by atoms with van der Waals surface area (Å²) in [5.41, 5.74) is 1.22. The number of hydrogen-bond acceptors (Lipinski definition) is 1. The van der Waals surface area contributed by atoms with Crippen molar-refractivity contribution in [3.63, 3.8) is 0 Å². The Bertz CT molecular complexity index is 312. The fraction of sp³-hybridized carbons (Fsp3) is 0.125. The van der Waals surface area contributed by atoms with E-state index in [1.165, 1.54) is 0 Å². The maximum atomic E-state index is 10.8. The van der Waals surface area contributed by atoms with E-state index >= 15 is 0 Å². The molecule has 1 aromatic rings. The fourth-order valence-corrected chi connectivity index (χ4v) is 1.95. The molecule has 0 heterocycles. The molecule has 1 rings (SSSR count). The van der Waals surface area contributed by atoms with Crippen LogP contribution in [0.3, 0.4) is 0 Å². The Hall–Kier alpha value is -0.0500. The second-order valence-corrected chi connectivity index (χ2v) is 3.47. The molecule has 0 spiro atoms. The second-order valence-electron chi connectivity index (χ2n) is 2.19. The average molecular weight is 268 g/mol. The lowest BCUT2D eigenvalue weighted by Gasteiger charge is -2.02. The van der Waals surface area contributed by atoms with E-state index in [-0.39, 0.29) is 0 Å². The van der Waals surface area contributed by atoms with Gasteiger partial charge in [0.05, 0.1) is 10.6 Å².